The zero-order valence-electron chi connectivity index (χ0n) is 20.3. The number of carbonyl (C=O) groups excluding carboxylic acids is 1. The number of oxazole rings is 1. The Hall–Kier alpha value is -3.99. The molecule has 11 heteroatoms. The zero-order valence-corrected chi connectivity index (χ0v) is 20.3. The molecule has 0 bridgehead atoms. The van der Waals surface area contributed by atoms with Crippen LogP contribution in [0.4, 0.5) is 15.8 Å². The number of carbonyl (C=O) groups is 1. The number of aliphatic hydroxyl groups is 1. The van der Waals surface area contributed by atoms with Crippen LogP contribution in [0.1, 0.15) is 29.0 Å². The highest BCUT2D eigenvalue weighted by Crippen LogP contribution is 2.35. The van der Waals surface area contributed by atoms with E-state index in [-0.39, 0.29) is 29.7 Å². The van der Waals surface area contributed by atoms with E-state index in [4.69, 9.17) is 4.42 Å². The molecule has 2 N–H and O–H groups in total. The predicted molar refractivity (Wildman–Crippen MR) is 133 cm³/mol. The van der Waals surface area contributed by atoms with Crippen molar-refractivity contribution in [2.24, 2.45) is 20.0 Å². The van der Waals surface area contributed by atoms with Crippen LogP contribution >= 0.6 is 0 Å². The van der Waals surface area contributed by atoms with Crippen LogP contribution in [0.25, 0.3) is 22.4 Å². The van der Waals surface area contributed by atoms with Crippen molar-refractivity contribution in [3.63, 3.8) is 0 Å². The maximum atomic E-state index is 13.9. The molecule has 188 valence electrons. The molecule has 0 radical (unpaired) electrons. The van der Waals surface area contributed by atoms with Crippen molar-refractivity contribution in [3.05, 3.63) is 58.2 Å². The van der Waals surface area contributed by atoms with Gasteiger partial charge in [-0.2, -0.15) is 5.10 Å². The van der Waals surface area contributed by atoms with Gasteiger partial charge < -0.3 is 24.3 Å². The number of aryl methyl sites for hydroxylation is 3. The van der Waals surface area contributed by atoms with Crippen molar-refractivity contribution >= 4 is 28.2 Å². The number of hydrogen-bond donors (Lipinski definition) is 2. The van der Waals surface area contributed by atoms with E-state index in [1.165, 1.54) is 19.5 Å². The molecule has 5 rings (SSSR count). The molecule has 1 aliphatic rings. The van der Waals surface area contributed by atoms with Crippen molar-refractivity contribution in [2.75, 3.05) is 29.9 Å². The summed E-state index contributed by atoms with van der Waals surface area (Å²) < 4.78 is 22.2. The molecule has 1 saturated heterocycles. The largest absolute Gasteiger partial charge is 0.444 e. The topological polar surface area (TPSA) is 118 Å². The van der Waals surface area contributed by atoms with E-state index in [2.05, 4.69) is 20.3 Å². The monoisotopic (exact) mass is 494 g/mol. The fraction of sp³-hybridized carbons (Fsp3) is 0.360. The minimum absolute atomic E-state index is 0.0206. The second-order valence-corrected chi connectivity index (χ2v) is 9.19. The Morgan fingerprint density at radius 3 is 2.69 bits per heavy atom. The first-order valence-electron chi connectivity index (χ1n) is 11.7. The van der Waals surface area contributed by atoms with E-state index in [1.54, 1.807) is 0 Å². The SMILES string of the molecule is Cc1nn(C)c2cc(N3CCC(CO)CC3)c(NC(=O)c3coc(-c4cc(F)c(=O)n(C)c4)n3)cc12. The Bertz CT molecular complexity index is 1490. The van der Waals surface area contributed by atoms with Crippen LogP contribution in [0.2, 0.25) is 0 Å². The summed E-state index contributed by atoms with van der Waals surface area (Å²) in [6.45, 7) is 3.59. The lowest BCUT2D eigenvalue weighted by atomic mass is 9.97. The third kappa shape index (κ3) is 4.26. The van der Waals surface area contributed by atoms with Gasteiger partial charge in [-0.3, -0.25) is 14.3 Å². The summed E-state index contributed by atoms with van der Waals surface area (Å²) in [6.07, 6.45) is 4.31. The minimum Gasteiger partial charge on any atom is -0.444 e. The predicted octanol–water partition coefficient (Wildman–Crippen LogP) is 2.84. The number of amides is 1. The van der Waals surface area contributed by atoms with E-state index in [1.807, 2.05) is 30.8 Å². The summed E-state index contributed by atoms with van der Waals surface area (Å²) in [5.74, 6) is -1.12. The van der Waals surface area contributed by atoms with E-state index in [0.29, 0.717) is 5.69 Å². The molecule has 1 aromatic carbocycles. The van der Waals surface area contributed by atoms with Gasteiger partial charge in [-0.25, -0.2) is 9.37 Å². The van der Waals surface area contributed by atoms with Crippen LogP contribution < -0.4 is 15.8 Å². The number of halogens is 1. The summed E-state index contributed by atoms with van der Waals surface area (Å²) in [5, 5.41) is 17.9. The molecule has 1 amide bonds. The molecule has 0 spiro atoms. The molecule has 36 heavy (non-hydrogen) atoms. The average molecular weight is 495 g/mol. The number of pyridine rings is 1. The quantitative estimate of drug-likeness (QED) is 0.438. The van der Waals surface area contributed by atoms with Crippen LogP contribution in [-0.2, 0) is 14.1 Å². The van der Waals surface area contributed by atoms with E-state index >= 15 is 0 Å². The molecule has 4 heterocycles. The third-order valence-corrected chi connectivity index (χ3v) is 6.74. The number of nitrogens with zero attached hydrogens (tertiary/aromatic N) is 5. The summed E-state index contributed by atoms with van der Waals surface area (Å²) in [4.78, 5) is 31.2. The molecule has 3 aromatic heterocycles. The first kappa shape index (κ1) is 23.7. The number of aliphatic hydroxyl groups excluding tert-OH is 1. The Morgan fingerprint density at radius 1 is 1.25 bits per heavy atom. The van der Waals surface area contributed by atoms with Gasteiger partial charge >= 0.3 is 0 Å². The van der Waals surface area contributed by atoms with Gasteiger partial charge in [-0.15, -0.1) is 0 Å². The van der Waals surface area contributed by atoms with E-state index in [9.17, 15) is 19.1 Å². The van der Waals surface area contributed by atoms with Gasteiger partial charge in [0.1, 0.15) is 6.26 Å². The lowest BCUT2D eigenvalue weighted by molar-refractivity contribution is 0.102. The summed E-state index contributed by atoms with van der Waals surface area (Å²) >= 11 is 0. The Labute approximate surface area is 206 Å². The molecule has 0 saturated carbocycles. The normalized spacial score (nSPS) is 14.5. The Balaban J connectivity index is 1.47. The lowest BCUT2D eigenvalue weighted by Crippen LogP contribution is -2.35. The number of aromatic nitrogens is 4. The molecule has 10 nitrogen and oxygen atoms in total. The van der Waals surface area contributed by atoms with Crippen LogP contribution in [-0.4, -0.2) is 50.0 Å². The first-order chi connectivity index (χ1) is 17.2. The molecular weight excluding hydrogens is 467 g/mol. The number of fused-ring (bicyclic) bond motifs is 1. The van der Waals surface area contributed by atoms with E-state index in [0.717, 1.165) is 58.8 Å². The zero-order chi connectivity index (χ0) is 25.6. The molecule has 1 aliphatic heterocycles. The average Bonchev–Trinajstić information content (AvgIpc) is 3.47. The second kappa shape index (κ2) is 9.23. The highest BCUT2D eigenvalue weighted by molar-refractivity contribution is 6.06. The van der Waals surface area contributed by atoms with Gasteiger partial charge in [0.25, 0.3) is 11.5 Å². The van der Waals surface area contributed by atoms with Gasteiger partial charge in [-0.05, 0) is 43.9 Å². The molecule has 0 atom stereocenters. The van der Waals surface area contributed by atoms with E-state index < -0.39 is 17.3 Å². The van der Waals surface area contributed by atoms with Crippen molar-refractivity contribution < 1.29 is 18.7 Å². The highest BCUT2D eigenvalue weighted by atomic mass is 19.1. The minimum atomic E-state index is -0.936. The second-order valence-electron chi connectivity index (χ2n) is 9.19. The van der Waals surface area contributed by atoms with Crippen molar-refractivity contribution in [1.29, 1.82) is 0 Å². The third-order valence-electron chi connectivity index (χ3n) is 6.74. The van der Waals surface area contributed by atoms with Crippen LogP contribution in [0.15, 0.2) is 39.9 Å². The fourth-order valence-corrected chi connectivity index (χ4v) is 4.67. The van der Waals surface area contributed by atoms with Crippen LogP contribution in [0.5, 0.6) is 0 Å². The maximum absolute atomic E-state index is 13.9. The number of nitrogens with one attached hydrogen (secondary N) is 1. The number of piperidine rings is 1. The standard InChI is InChI=1S/C25H27FN6O4/c1-14-17-9-19(22(10-21(17)31(3)29-14)32-6-4-15(12-33)5-7-32)27-23(34)20-13-36-24(28-20)16-8-18(26)25(35)30(2)11-16/h8-11,13,15,33H,4-7,12H2,1-3H3,(H,27,34). The molecule has 4 aromatic rings. The van der Waals surface area contributed by atoms with Crippen molar-refractivity contribution in [2.45, 2.75) is 19.8 Å². The number of rotatable bonds is 5. The molecule has 0 unspecified atom stereocenters. The highest BCUT2D eigenvalue weighted by Gasteiger charge is 2.24. The number of anilines is 2. The van der Waals surface area contributed by atoms with Crippen molar-refractivity contribution in [3.8, 4) is 11.5 Å². The number of benzene rings is 1. The maximum Gasteiger partial charge on any atom is 0.286 e. The number of hydrogen-bond acceptors (Lipinski definition) is 7. The van der Waals surface area contributed by atoms with Gasteiger partial charge in [0.2, 0.25) is 5.89 Å². The summed E-state index contributed by atoms with van der Waals surface area (Å²) in [7, 11) is 3.31. The van der Waals surface area contributed by atoms with Gasteiger partial charge in [0.15, 0.2) is 11.5 Å². The van der Waals surface area contributed by atoms with Gasteiger partial charge in [0.05, 0.1) is 28.1 Å². The summed E-state index contributed by atoms with van der Waals surface area (Å²) in [6, 6.07) is 4.96. The van der Waals surface area contributed by atoms with Gasteiger partial charge in [-0.1, -0.05) is 0 Å². The Morgan fingerprint density at radius 2 is 2.00 bits per heavy atom. The molecular formula is C25H27FN6O4. The lowest BCUT2D eigenvalue weighted by Gasteiger charge is -2.34. The summed E-state index contributed by atoms with van der Waals surface area (Å²) in [5.41, 5.74) is 2.77. The smallest absolute Gasteiger partial charge is 0.286 e. The Kier molecular flexibility index (Phi) is 6.09. The first-order valence-corrected chi connectivity index (χ1v) is 11.7. The molecule has 0 aliphatic carbocycles. The fourth-order valence-electron chi connectivity index (χ4n) is 4.67. The van der Waals surface area contributed by atoms with Gasteiger partial charge in [0, 0.05) is 45.4 Å². The van der Waals surface area contributed by atoms with Crippen LogP contribution in [0, 0.1) is 18.7 Å². The van der Waals surface area contributed by atoms with Crippen molar-refractivity contribution in [1.82, 2.24) is 19.3 Å². The molecule has 1 fully saturated rings. The van der Waals surface area contributed by atoms with Crippen LogP contribution in [0.3, 0.4) is 0 Å².